The molecule has 3 unspecified atom stereocenters. The molecule has 8 nitrogen and oxygen atoms in total. The van der Waals surface area contributed by atoms with Gasteiger partial charge in [0.05, 0.1) is 39.9 Å². The van der Waals surface area contributed by atoms with E-state index in [2.05, 4.69) is 116 Å². The van der Waals surface area contributed by atoms with Crippen LogP contribution >= 0.6 is 7.82 Å². The maximum absolute atomic E-state index is 12.9. The Balaban J connectivity index is 4.02. The maximum atomic E-state index is 12.9. The summed E-state index contributed by atoms with van der Waals surface area (Å²) >= 11 is 0. The molecule has 0 radical (unpaired) electrons. The molecule has 0 saturated heterocycles. The number of unbranched alkanes of at least 4 members (excludes halogenated alkanes) is 19. The van der Waals surface area contributed by atoms with E-state index in [4.69, 9.17) is 9.05 Å². The molecule has 0 aromatic carbocycles. The predicted molar refractivity (Wildman–Crippen MR) is 292 cm³/mol. The molecular weight excluding hydrogens is 864 g/mol. The third-order valence-electron chi connectivity index (χ3n) is 11.5. The Morgan fingerprint density at radius 1 is 0.529 bits per heavy atom. The van der Waals surface area contributed by atoms with Gasteiger partial charge in [0.1, 0.15) is 13.2 Å². The van der Waals surface area contributed by atoms with Gasteiger partial charge in [0, 0.05) is 6.42 Å². The van der Waals surface area contributed by atoms with Crippen LogP contribution in [0.25, 0.3) is 0 Å². The SMILES string of the molecule is CC/C=C\C/C=C\C/C=C\C/C=C\C/C=C\C/C=C\C/C=C\C/C=C\CCCCCCCCCCCCCCC(=O)NC(COP(=O)([O-])OCC[N+](C)(C)C)C(O)/C=C/CCCCCCCCC. The van der Waals surface area contributed by atoms with Crippen LogP contribution in [0.3, 0.4) is 0 Å². The lowest BCUT2D eigenvalue weighted by Gasteiger charge is -2.29. The molecule has 390 valence electrons. The Bertz CT molecular complexity index is 1470. The fourth-order valence-corrected chi connectivity index (χ4v) is 7.95. The summed E-state index contributed by atoms with van der Waals surface area (Å²) in [5.41, 5.74) is 0. The van der Waals surface area contributed by atoms with Crippen molar-refractivity contribution in [3.05, 3.63) is 109 Å². The van der Waals surface area contributed by atoms with E-state index >= 15 is 0 Å². The molecular formula is C59H103N2O6P. The normalized spacial score (nSPS) is 14.9. The summed E-state index contributed by atoms with van der Waals surface area (Å²) < 4.78 is 23.2. The number of nitrogens with zero attached hydrogens (tertiary/aromatic N) is 1. The van der Waals surface area contributed by atoms with Gasteiger partial charge in [-0.05, 0) is 83.5 Å². The number of aliphatic hydroxyl groups is 1. The lowest BCUT2D eigenvalue weighted by Crippen LogP contribution is -2.45. The summed E-state index contributed by atoms with van der Waals surface area (Å²) in [6.07, 6.45) is 71.8. The van der Waals surface area contributed by atoms with E-state index in [9.17, 15) is 19.4 Å². The van der Waals surface area contributed by atoms with Crippen molar-refractivity contribution in [3.63, 3.8) is 0 Å². The number of hydrogen-bond acceptors (Lipinski definition) is 6. The average Bonchev–Trinajstić information content (AvgIpc) is 3.30. The fourth-order valence-electron chi connectivity index (χ4n) is 7.23. The molecule has 0 aliphatic rings. The number of phosphoric ester groups is 1. The minimum absolute atomic E-state index is 0.00593. The van der Waals surface area contributed by atoms with E-state index in [-0.39, 0.29) is 19.1 Å². The minimum atomic E-state index is -4.59. The van der Waals surface area contributed by atoms with E-state index in [0.717, 1.165) is 89.9 Å². The fraction of sp³-hybridized carbons (Fsp3) is 0.678. The third kappa shape index (κ3) is 51.0. The zero-order valence-corrected chi connectivity index (χ0v) is 45.2. The summed E-state index contributed by atoms with van der Waals surface area (Å²) in [6, 6.07) is -0.891. The minimum Gasteiger partial charge on any atom is -0.756 e. The molecule has 0 aliphatic heterocycles. The largest absolute Gasteiger partial charge is 0.756 e. The first-order valence-electron chi connectivity index (χ1n) is 27.2. The van der Waals surface area contributed by atoms with E-state index in [1.807, 2.05) is 27.2 Å². The van der Waals surface area contributed by atoms with Gasteiger partial charge in [-0.15, -0.1) is 0 Å². The van der Waals surface area contributed by atoms with E-state index in [1.165, 1.54) is 96.3 Å². The maximum Gasteiger partial charge on any atom is 0.268 e. The van der Waals surface area contributed by atoms with Crippen LogP contribution in [0.1, 0.15) is 206 Å². The first-order chi connectivity index (χ1) is 33.0. The lowest BCUT2D eigenvalue weighted by molar-refractivity contribution is -0.870. The van der Waals surface area contributed by atoms with E-state index < -0.39 is 20.0 Å². The van der Waals surface area contributed by atoms with Crippen LogP contribution < -0.4 is 10.2 Å². The summed E-state index contributed by atoms with van der Waals surface area (Å²) in [7, 11) is 1.25. The second kappa shape index (κ2) is 49.2. The summed E-state index contributed by atoms with van der Waals surface area (Å²) in [5, 5.41) is 13.7. The summed E-state index contributed by atoms with van der Waals surface area (Å²) in [4.78, 5) is 25.3. The Morgan fingerprint density at radius 3 is 1.31 bits per heavy atom. The molecule has 0 aromatic heterocycles. The highest BCUT2D eigenvalue weighted by atomic mass is 31.2. The number of rotatable bonds is 48. The van der Waals surface area contributed by atoms with Gasteiger partial charge in [0.2, 0.25) is 5.91 Å². The van der Waals surface area contributed by atoms with Gasteiger partial charge in [0.15, 0.2) is 0 Å². The van der Waals surface area contributed by atoms with Crippen molar-refractivity contribution in [2.24, 2.45) is 0 Å². The number of hydrogen-bond donors (Lipinski definition) is 2. The molecule has 0 rings (SSSR count). The molecule has 0 spiro atoms. The van der Waals surface area contributed by atoms with Crippen molar-refractivity contribution < 1.29 is 32.9 Å². The second-order valence-corrected chi connectivity index (χ2v) is 20.6. The number of likely N-dealkylation sites (N-methyl/N-ethyl adjacent to an activating group) is 1. The zero-order chi connectivity index (χ0) is 49.9. The average molecular weight is 967 g/mol. The quantitative estimate of drug-likeness (QED) is 0.0272. The van der Waals surface area contributed by atoms with Crippen molar-refractivity contribution >= 4 is 13.7 Å². The third-order valence-corrected chi connectivity index (χ3v) is 12.5. The van der Waals surface area contributed by atoms with Crippen LogP contribution in [-0.2, 0) is 18.4 Å². The predicted octanol–water partition coefficient (Wildman–Crippen LogP) is 15.8. The number of aliphatic hydroxyl groups excluding tert-OH is 1. The Labute approximate surface area is 419 Å². The van der Waals surface area contributed by atoms with Crippen molar-refractivity contribution in [3.8, 4) is 0 Å². The van der Waals surface area contributed by atoms with Crippen molar-refractivity contribution in [1.29, 1.82) is 0 Å². The van der Waals surface area contributed by atoms with E-state index in [1.54, 1.807) is 6.08 Å². The number of amides is 1. The van der Waals surface area contributed by atoms with Gasteiger partial charge in [0.25, 0.3) is 7.82 Å². The van der Waals surface area contributed by atoms with Crippen molar-refractivity contribution in [2.45, 2.75) is 219 Å². The van der Waals surface area contributed by atoms with Crippen LogP contribution in [0.2, 0.25) is 0 Å². The van der Waals surface area contributed by atoms with E-state index in [0.29, 0.717) is 17.4 Å². The van der Waals surface area contributed by atoms with Crippen LogP contribution in [0.15, 0.2) is 109 Å². The molecule has 0 aromatic rings. The highest BCUT2D eigenvalue weighted by Gasteiger charge is 2.23. The van der Waals surface area contributed by atoms with Crippen molar-refractivity contribution in [1.82, 2.24) is 5.32 Å². The highest BCUT2D eigenvalue weighted by Crippen LogP contribution is 2.38. The Hall–Kier alpha value is -2.84. The number of carbonyl (C=O) groups excluding carboxylic acids is 1. The molecule has 2 N–H and O–H groups in total. The number of phosphoric acid groups is 1. The summed E-state index contributed by atoms with van der Waals surface area (Å²) in [5.74, 6) is -0.207. The number of allylic oxidation sites excluding steroid dienone is 17. The molecule has 68 heavy (non-hydrogen) atoms. The molecule has 3 atom stereocenters. The summed E-state index contributed by atoms with van der Waals surface area (Å²) in [6.45, 7) is 4.48. The van der Waals surface area contributed by atoms with Gasteiger partial charge in [-0.25, -0.2) is 0 Å². The van der Waals surface area contributed by atoms with Crippen LogP contribution in [0.5, 0.6) is 0 Å². The van der Waals surface area contributed by atoms with Gasteiger partial charge < -0.3 is 28.8 Å². The Kier molecular flexibility index (Phi) is 47.1. The molecule has 0 fully saturated rings. The zero-order valence-electron chi connectivity index (χ0n) is 44.3. The van der Waals surface area contributed by atoms with Gasteiger partial charge in [-0.1, -0.05) is 226 Å². The number of quaternary nitrogens is 1. The lowest BCUT2D eigenvalue weighted by atomic mass is 10.0. The topological polar surface area (TPSA) is 108 Å². The molecule has 0 bridgehead atoms. The van der Waals surface area contributed by atoms with Crippen LogP contribution in [-0.4, -0.2) is 68.5 Å². The monoisotopic (exact) mass is 967 g/mol. The standard InChI is InChI=1S/C59H103N2O6P/c1-6-8-10-12-14-16-17-18-19-20-21-22-23-24-25-26-27-28-29-30-31-32-33-34-35-36-37-38-39-40-41-42-43-45-47-49-51-53-59(63)60-57(56-67-68(64,65)66-55-54-61(3,4)5)58(62)52-50-48-46-44-15-13-11-9-7-2/h8,10,14,16,18-19,21-22,24-25,27-28,30-31,33-34,50,52,57-58,62H,6-7,9,11-13,15,17,20,23,26,29,32,35-49,51,53-56H2,1-5H3,(H-,60,63,64,65)/b10-8-,16-14-,19-18-,22-21-,25-24-,28-27-,31-30-,34-33-,52-50+. The molecule has 0 saturated carbocycles. The first kappa shape index (κ1) is 65.2. The van der Waals surface area contributed by atoms with Crippen LogP contribution in [0, 0.1) is 0 Å². The second-order valence-electron chi connectivity index (χ2n) is 19.2. The van der Waals surface area contributed by atoms with Gasteiger partial charge in [-0.3, -0.25) is 9.36 Å². The first-order valence-corrected chi connectivity index (χ1v) is 28.7. The number of carbonyl (C=O) groups is 1. The Morgan fingerprint density at radius 2 is 0.897 bits per heavy atom. The molecule has 0 aliphatic carbocycles. The number of nitrogens with one attached hydrogen (secondary N) is 1. The molecule has 1 amide bonds. The molecule has 9 heteroatoms. The molecule has 0 heterocycles. The van der Waals surface area contributed by atoms with Gasteiger partial charge in [-0.2, -0.15) is 0 Å². The highest BCUT2D eigenvalue weighted by molar-refractivity contribution is 7.45. The van der Waals surface area contributed by atoms with Gasteiger partial charge >= 0.3 is 0 Å². The smallest absolute Gasteiger partial charge is 0.268 e. The van der Waals surface area contributed by atoms with Crippen LogP contribution in [0.4, 0.5) is 0 Å². The van der Waals surface area contributed by atoms with Crippen molar-refractivity contribution in [2.75, 3.05) is 40.9 Å².